The molecule has 158 valence electrons. The van der Waals surface area contributed by atoms with Crippen molar-refractivity contribution in [3.05, 3.63) is 114 Å². The molecule has 0 atom stereocenters. The summed E-state index contributed by atoms with van der Waals surface area (Å²) in [4.78, 5) is 18.7. The molecule has 1 aromatic carbocycles. The van der Waals surface area contributed by atoms with Crippen molar-refractivity contribution in [2.24, 2.45) is 0 Å². The second kappa shape index (κ2) is 11.2. The molecule has 3 heterocycles. The van der Waals surface area contributed by atoms with Crippen LogP contribution in [0.5, 0.6) is 0 Å². The van der Waals surface area contributed by atoms with Crippen molar-refractivity contribution in [1.29, 1.82) is 0 Å². The summed E-state index contributed by atoms with van der Waals surface area (Å²) < 4.78 is 0. The second-order valence-electron chi connectivity index (χ2n) is 7.59. The van der Waals surface area contributed by atoms with E-state index in [-0.39, 0.29) is 0 Å². The fourth-order valence-corrected chi connectivity index (χ4v) is 3.57. The zero-order valence-corrected chi connectivity index (χ0v) is 17.6. The van der Waals surface area contributed by atoms with Gasteiger partial charge >= 0.3 is 0 Å². The summed E-state index contributed by atoms with van der Waals surface area (Å²) in [5.41, 5.74) is 5.79. The van der Waals surface area contributed by atoms with E-state index in [1.165, 1.54) is 11.1 Å². The standard InChI is InChI=1S/C25H28N6/c1-3-11-28-23(8-1)10-13-31(19-25-17-27-20-30-25)18-22-7-5-6-21(14-22)15-26-16-24-9-2-4-12-29-24/h1-9,11-12,14,17,20,26H,10,13,15-16,18-19H2,(H,27,30). The molecule has 0 aliphatic rings. The Labute approximate surface area is 183 Å². The van der Waals surface area contributed by atoms with Gasteiger partial charge in [0.25, 0.3) is 0 Å². The van der Waals surface area contributed by atoms with Gasteiger partial charge in [-0.2, -0.15) is 0 Å². The first-order valence-electron chi connectivity index (χ1n) is 10.6. The SMILES string of the molecule is c1ccc(CCN(Cc2cccc(CNCc3ccccn3)c2)Cc2c[nH]cn2)nc1. The fraction of sp³-hybridized carbons (Fsp3) is 0.240. The van der Waals surface area contributed by atoms with E-state index in [0.717, 1.165) is 56.2 Å². The number of hydrogen-bond acceptors (Lipinski definition) is 5. The number of rotatable bonds is 11. The quantitative estimate of drug-likeness (QED) is 0.393. The van der Waals surface area contributed by atoms with Gasteiger partial charge in [0.1, 0.15) is 0 Å². The van der Waals surface area contributed by atoms with Crippen molar-refractivity contribution in [3.8, 4) is 0 Å². The van der Waals surface area contributed by atoms with Crippen LogP contribution in [0.1, 0.15) is 28.2 Å². The van der Waals surface area contributed by atoms with E-state index in [4.69, 9.17) is 0 Å². The van der Waals surface area contributed by atoms with Gasteiger partial charge in [0.2, 0.25) is 0 Å². The summed E-state index contributed by atoms with van der Waals surface area (Å²) in [5, 5.41) is 3.48. The maximum absolute atomic E-state index is 4.47. The first-order chi connectivity index (χ1) is 15.3. The lowest BCUT2D eigenvalue weighted by Crippen LogP contribution is -2.26. The van der Waals surface area contributed by atoms with Crippen molar-refractivity contribution < 1.29 is 0 Å². The van der Waals surface area contributed by atoms with Crippen LogP contribution in [0.3, 0.4) is 0 Å². The Hall–Kier alpha value is -3.35. The van der Waals surface area contributed by atoms with E-state index in [9.17, 15) is 0 Å². The second-order valence-corrected chi connectivity index (χ2v) is 7.59. The average molecular weight is 413 g/mol. The number of benzene rings is 1. The highest BCUT2D eigenvalue weighted by molar-refractivity contribution is 5.23. The summed E-state index contributed by atoms with van der Waals surface area (Å²) in [6.45, 7) is 4.18. The average Bonchev–Trinajstić information content (AvgIpc) is 3.32. The van der Waals surface area contributed by atoms with Crippen LogP contribution >= 0.6 is 0 Å². The van der Waals surface area contributed by atoms with Gasteiger partial charge in [-0.1, -0.05) is 36.4 Å². The zero-order valence-electron chi connectivity index (χ0n) is 17.6. The fourth-order valence-electron chi connectivity index (χ4n) is 3.57. The highest BCUT2D eigenvalue weighted by Crippen LogP contribution is 2.12. The molecule has 3 aromatic heterocycles. The minimum atomic E-state index is 0.764. The molecule has 4 aromatic rings. The molecule has 6 heteroatoms. The molecule has 2 N–H and O–H groups in total. The van der Waals surface area contributed by atoms with Gasteiger partial charge in [0.05, 0.1) is 17.7 Å². The minimum absolute atomic E-state index is 0.764. The Morgan fingerprint density at radius 3 is 2.29 bits per heavy atom. The van der Waals surface area contributed by atoms with E-state index in [1.54, 1.807) is 6.33 Å². The Bertz CT molecular complexity index is 1020. The van der Waals surface area contributed by atoms with Crippen molar-refractivity contribution in [1.82, 2.24) is 30.2 Å². The molecule has 0 aliphatic carbocycles. The van der Waals surface area contributed by atoms with Gasteiger partial charge < -0.3 is 10.3 Å². The third-order valence-electron chi connectivity index (χ3n) is 5.11. The molecule has 0 saturated carbocycles. The Morgan fingerprint density at radius 2 is 1.55 bits per heavy atom. The van der Waals surface area contributed by atoms with Crippen LogP contribution in [0.15, 0.2) is 85.6 Å². The summed E-state index contributed by atoms with van der Waals surface area (Å²) >= 11 is 0. The van der Waals surface area contributed by atoms with Gasteiger partial charge in [0.15, 0.2) is 0 Å². The summed E-state index contributed by atoms with van der Waals surface area (Å²) in [6.07, 6.45) is 8.30. The molecular weight excluding hydrogens is 384 g/mol. The molecule has 4 rings (SSSR count). The van der Waals surface area contributed by atoms with Crippen LogP contribution < -0.4 is 5.32 Å². The molecule has 0 fully saturated rings. The highest BCUT2D eigenvalue weighted by Gasteiger charge is 2.10. The van der Waals surface area contributed by atoms with Gasteiger partial charge in [-0.05, 0) is 35.4 Å². The number of aromatic amines is 1. The van der Waals surface area contributed by atoms with E-state index in [2.05, 4.69) is 60.5 Å². The first kappa shape index (κ1) is 20.9. The van der Waals surface area contributed by atoms with Crippen LogP contribution in [-0.2, 0) is 32.6 Å². The number of nitrogens with zero attached hydrogens (tertiary/aromatic N) is 4. The van der Waals surface area contributed by atoms with Gasteiger partial charge in [0, 0.05) is 63.4 Å². The maximum Gasteiger partial charge on any atom is 0.0923 e. The summed E-state index contributed by atoms with van der Waals surface area (Å²) in [6, 6.07) is 20.9. The van der Waals surface area contributed by atoms with Gasteiger partial charge in [-0.3, -0.25) is 14.9 Å². The minimum Gasteiger partial charge on any atom is -0.351 e. The predicted octanol–water partition coefficient (Wildman–Crippen LogP) is 3.73. The molecule has 0 amide bonds. The topological polar surface area (TPSA) is 69.7 Å². The molecule has 31 heavy (non-hydrogen) atoms. The molecule has 0 unspecified atom stereocenters. The van der Waals surface area contributed by atoms with Crippen molar-refractivity contribution >= 4 is 0 Å². The van der Waals surface area contributed by atoms with Crippen LogP contribution in [0.25, 0.3) is 0 Å². The number of pyridine rings is 2. The largest absolute Gasteiger partial charge is 0.351 e. The monoisotopic (exact) mass is 412 g/mol. The molecule has 0 bridgehead atoms. The molecule has 0 radical (unpaired) electrons. The number of imidazole rings is 1. The van der Waals surface area contributed by atoms with E-state index < -0.39 is 0 Å². The Kier molecular flexibility index (Phi) is 7.52. The van der Waals surface area contributed by atoms with Gasteiger partial charge in [-0.15, -0.1) is 0 Å². The van der Waals surface area contributed by atoms with Crippen molar-refractivity contribution in [3.63, 3.8) is 0 Å². The molecule has 0 spiro atoms. The van der Waals surface area contributed by atoms with E-state index in [1.807, 2.05) is 48.9 Å². The molecule has 6 nitrogen and oxygen atoms in total. The number of nitrogens with one attached hydrogen (secondary N) is 2. The lowest BCUT2D eigenvalue weighted by Gasteiger charge is -2.22. The van der Waals surface area contributed by atoms with Crippen LogP contribution in [0.2, 0.25) is 0 Å². The maximum atomic E-state index is 4.47. The Balaban J connectivity index is 1.36. The van der Waals surface area contributed by atoms with Crippen molar-refractivity contribution in [2.75, 3.05) is 6.54 Å². The highest BCUT2D eigenvalue weighted by atomic mass is 15.1. The lowest BCUT2D eigenvalue weighted by atomic mass is 10.1. The predicted molar refractivity (Wildman–Crippen MR) is 122 cm³/mol. The normalized spacial score (nSPS) is 11.1. The Morgan fingerprint density at radius 1 is 0.742 bits per heavy atom. The lowest BCUT2D eigenvalue weighted by molar-refractivity contribution is 0.256. The van der Waals surface area contributed by atoms with E-state index in [0.29, 0.717) is 0 Å². The van der Waals surface area contributed by atoms with Crippen LogP contribution in [0.4, 0.5) is 0 Å². The third kappa shape index (κ3) is 6.84. The summed E-state index contributed by atoms with van der Waals surface area (Å²) in [5.74, 6) is 0. The number of hydrogen-bond donors (Lipinski definition) is 2. The third-order valence-corrected chi connectivity index (χ3v) is 5.11. The number of H-pyrrole nitrogens is 1. The summed E-state index contributed by atoms with van der Waals surface area (Å²) in [7, 11) is 0. The van der Waals surface area contributed by atoms with Crippen LogP contribution in [-0.4, -0.2) is 31.4 Å². The first-order valence-corrected chi connectivity index (χ1v) is 10.6. The molecular formula is C25H28N6. The molecule has 0 aliphatic heterocycles. The van der Waals surface area contributed by atoms with E-state index >= 15 is 0 Å². The van der Waals surface area contributed by atoms with Gasteiger partial charge in [-0.25, -0.2) is 4.98 Å². The number of aromatic nitrogens is 4. The zero-order chi connectivity index (χ0) is 21.1. The molecule has 0 saturated heterocycles. The van der Waals surface area contributed by atoms with Crippen molar-refractivity contribution in [2.45, 2.75) is 32.6 Å². The smallest absolute Gasteiger partial charge is 0.0923 e. The van der Waals surface area contributed by atoms with Crippen LogP contribution in [0, 0.1) is 0 Å².